The summed E-state index contributed by atoms with van der Waals surface area (Å²) in [6.07, 6.45) is 3.19. The van der Waals surface area contributed by atoms with Crippen molar-refractivity contribution in [3.05, 3.63) is 71.9 Å². The van der Waals surface area contributed by atoms with E-state index in [1.54, 1.807) is 42.6 Å². The molecule has 11 heteroatoms. The number of benzene rings is 1. The van der Waals surface area contributed by atoms with Crippen molar-refractivity contribution < 1.29 is 17.9 Å². The third kappa shape index (κ3) is 4.10. The van der Waals surface area contributed by atoms with Crippen LogP contribution in [0.2, 0.25) is 0 Å². The fourth-order valence-electron chi connectivity index (χ4n) is 3.17. The number of hydrogen-bond donors (Lipinski definition) is 2. The molecule has 3 aromatic heterocycles. The SMILES string of the molecule is COc1cccn2c(C(=O)Nc3ccc(S(=O)(=O)Nc4nccc(C)n4)cc3)c(C)nc12. The lowest BCUT2D eigenvalue weighted by atomic mass is 10.3. The summed E-state index contributed by atoms with van der Waals surface area (Å²) in [5, 5.41) is 2.77. The van der Waals surface area contributed by atoms with Crippen LogP contribution in [0, 0.1) is 13.8 Å². The fraction of sp³-hybridized carbons (Fsp3) is 0.143. The summed E-state index contributed by atoms with van der Waals surface area (Å²) in [4.78, 5) is 25.3. The Morgan fingerprint density at radius 2 is 1.81 bits per heavy atom. The summed E-state index contributed by atoms with van der Waals surface area (Å²) < 4.78 is 34.4. The van der Waals surface area contributed by atoms with Gasteiger partial charge in [0.05, 0.1) is 17.7 Å². The number of aromatic nitrogens is 4. The molecule has 0 radical (unpaired) electrons. The van der Waals surface area contributed by atoms with E-state index in [-0.39, 0.29) is 16.8 Å². The molecular formula is C21H20N6O4S. The number of nitrogens with one attached hydrogen (secondary N) is 2. The molecule has 0 saturated heterocycles. The molecule has 0 aliphatic heterocycles. The maximum atomic E-state index is 12.9. The van der Waals surface area contributed by atoms with Crippen LogP contribution in [0.5, 0.6) is 5.75 Å². The minimum absolute atomic E-state index is 0.0105. The fourth-order valence-corrected chi connectivity index (χ4v) is 4.12. The largest absolute Gasteiger partial charge is 0.493 e. The van der Waals surface area contributed by atoms with Gasteiger partial charge in [-0.1, -0.05) is 0 Å². The summed E-state index contributed by atoms with van der Waals surface area (Å²) in [5.74, 6) is 0.153. The van der Waals surface area contributed by atoms with E-state index in [1.807, 2.05) is 0 Å². The van der Waals surface area contributed by atoms with Crippen LogP contribution in [0.3, 0.4) is 0 Å². The van der Waals surface area contributed by atoms with Crippen LogP contribution in [0.15, 0.2) is 59.8 Å². The number of sulfonamides is 1. The Hall–Kier alpha value is -3.99. The van der Waals surface area contributed by atoms with Crippen LogP contribution in [-0.2, 0) is 10.0 Å². The molecule has 1 amide bonds. The number of aryl methyl sites for hydroxylation is 2. The molecule has 0 saturated carbocycles. The molecule has 0 aliphatic carbocycles. The van der Waals surface area contributed by atoms with Gasteiger partial charge in [-0.05, 0) is 56.3 Å². The first-order valence-electron chi connectivity index (χ1n) is 9.54. The maximum absolute atomic E-state index is 12.9. The Morgan fingerprint density at radius 1 is 1.06 bits per heavy atom. The Labute approximate surface area is 184 Å². The minimum atomic E-state index is -3.88. The number of ether oxygens (including phenoxy) is 1. The third-order valence-corrected chi connectivity index (χ3v) is 6.01. The van der Waals surface area contributed by atoms with Gasteiger partial charge >= 0.3 is 0 Å². The van der Waals surface area contributed by atoms with Crippen molar-refractivity contribution in [3.8, 4) is 5.75 Å². The van der Waals surface area contributed by atoms with E-state index in [0.29, 0.717) is 34.2 Å². The average molecular weight is 452 g/mol. The van der Waals surface area contributed by atoms with E-state index >= 15 is 0 Å². The quantitative estimate of drug-likeness (QED) is 0.460. The zero-order valence-corrected chi connectivity index (χ0v) is 18.3. The third-order valence-electron chi connectivity index (χ3n) is 4.67. The number of anilines is 2. The van der Waals surface area contributed by atoms with Crippen LogP contribution in [0.25, 0.3) is 5.65 Å². The van der Waals surface area contributed by atoms with E-state index in [0.717, 1.165) is 0 Å². The Morgan fingerprint density at radius 3 is 2.50 bits per heavy atom. The lowest BCUT2D eigenvalue weighted by molar-refractivity contribution is 0.102. The number of nitrogens with zero attached hydrogens (tertiary/aromatic N) is 4. The summed E-state index contributed by atoms with van der Waals surface area (Å²) in [5.41, 5.74) is 2.49. The number of fused-ring (bicyclic) bond motifs is 1. The highest BCUT2D eigenvalue weighted by molar-refractivity contribution is 7.92. The summed E-state index contributed by atoms with van der Waals surface area (Å²) >= 11 is 0. The number of imidazole rings is 1. The smallest absolute Gasteiger partial charge is 0.274 e. The summed E-state index contributed by atoms with van der Waals surface area (Å²) in [6, 6.07) is 11.0. The van der Waals surface area contributed by atoms with E-state index in [4.69, 9.17) is 4.74 Å². The van der Waals surface area contributed by atoms with Gasteiger partial charge < -0.3 is 10.1 Å². The van der Waals surface area contributed by atoms with Crippen LogP contribution in [0.1, 0.15) is 21.9 Å². The Kier molecular flexibility index (Phi) is 5.49. The van der Waals surface area contributed by atoms with Gasteiger partial charge in [-0.15, -0.1) is 0 Å². The number of carbonyl (C=O) groups excluding carboxylic acids is 1. The molecule has 4 aromatic rings. The number of rotatable bonds is 6. The molecule has 164 valence electrons. The van der Waals surface area contributed by atoms with Crippen molar-refractivity contribution in [1.29, 1.82) is 0 Å². The summed E-state index contributed by atoms with van der Waals surface area (Å²) in [6.45, 7) is 3.47. The molecule has 10 nitrogen and oxygen atoms in total. The highest BCUT2D eigenvalue weighted by Gasteiger charge is 2.20. The standard InChI is InChI=1S/C21H20N6O4S/c1-13-10-11-22-21(23-13)26-32(29,30)16-8-6-15(7-9-16)25-20(28)18-14(2)24-19-17(31-3)5-4-12-27(18)19/h4-12H,1-3H3,(H,25,28)(H,22,23,26). The van der Waals surface area contributed by atoms with Crippen molar-refractivity contribution in [3.63, 3.8) is 0 Å². The summed E-state index contributed by atoms with van der Waals surface area (Å²) in [7, 11) is -2.34. The molecule has 0 bridgehead atoms. The van der Waals surface area contributed by atoms with Crippen LogP contribution in [0.4, 0.5) is 11.6 Å². The van der Waals surface area contributed by atoms with Gasteiger partial charge in [0.15, 0.2) is 11.4 Å². The zero-order chi connectivity index (χ0) is 22.9. The first-order chi connectivity index (χ1) is 15.3. The zero-order valence-electron chi connectivity index (χ0n) is 17.5. The lowest BCUT2D eigenvalue weighted by Gasteiger charge is -2.09. The van der Waals surface area contributed by atoms with E-state index in [2.05, 4.69) is 25.0 Å². The first kappa shape index (κ1) is 21.2. The molecule has 4 rings (SSSR count). The molecule has 1 aromatic carbocycles. The molecule has 32 heavy (non-hydrogen) atoms. The number of carbonyl (C=O) groups is 1. The number of pyridine rings is 1. The minimum Gasteiger partial charge on any atom is -0.493 e. The van der Waals surface area contributed by atoms with E-state index in [9.17, 15) is 13.2 Å². The molecule has 0 fully saturated rings. The normalized spacial score (nSPS) is 11.3. The number of methoxy groups -OCH3 is 1. The lowest BCUT2D eigenvalue weighted by Crippen LogP contribution is -2.17. The molecule has 0 aliphatic rings. The van der Waals surface area contributed by atoms with Crippen LogP contribution < -0.4 is 14.8 Å². The molecule has 0 unspecified atom stereocenters. The van der Waals surface area contributed by atoms with Gasteiger partial charge in [0, 0.05) is 23.8 Å². The van der Waals surface area contributed by atoms with Crippen molar-refractivity contribution in [2.24, 2.45) is 0 Å². The molecular weight excluding hydrogens is 432 g/mol. The van der Waals surface area contributed by atoms with Gasteiger partial charge in [0.25, 0.3) is 15.9 Å². The van der Waals surface area contributed by atoms with Gasteiger partial charge in [-0.3, -0.25) is 9.20 Å². The van der Waals surface area contributed by atoms with Gasteiger partial charge in [0.2, 0.25) is 5.95 Å². The topological polar surface area (TPSA) is 128 Å². The molecule has 0 spiro atoms. The van der Waals surface area contributed by atoms with Gasteiger partial charge in [0.1, 0.15) is 5.69 Å². The predicted molar refractivity (Wildman–Crippen MR) is 118 cm³/mol. The number of amides is 1. The second-order valence-electron chi connectivity index (χ2n) is 6.92. The second kappa shape index (κ2) is 8.27. The first-order valence-corrected chi connectivity index (χ1v) is 11.0. The Balaban J connectivity index is 1.55. The molecule has 0 atom stereocenters. The van der Waals surface area contributed by atoms with Crippen molar-refractivity contribution in [1.82, 2.24) is 19.4 Å². The van der Waals surface area contributed by atoms with Crippen molar-refractivity contribution in [2.45, 2.75) is 18.7 Å². The molecule has 2 N–H and O–H groups in total. The van der Waals surface area contributed by atoms with Crippen LogP contribution >= 0.6 is 0 Å². The van der Waals surface area contributed by atoms with Crippen molar-refractivity contribution in [2.75, 3.05) is 17.1 Å². The van der Waals surface area contributed by atoms with Crippen molar-refractivity contribution >= 4 is 33.2 Å². The Bertz CT molecular complexity index is 1410. The van der Waals surface area contributed by atoms with E-state index in [1.165, 1.54) is 37.6 Å². The predicted octanol–water partition coefficient (Wildman–Crippen LogP) is 2.80. The van der Waals surface area contributed by atoms with Crippen LogP contribution in [-0.4, -0.2) is 40.8 Å². The van der Waals surface area contributed by atoms with E-state index < -0.39 is 10.0 Å². The highest BCUT2D eigenvalue weighted by atomic mass is 32.2. The maximum Gasteiger partial charge on any atom is 0.274 e. The second-order valence-corrected chi connectivity index (χ2v) is 8.60. The number of hydrogen-bond acceptors (Lipinski definition) is 7. The highest BCUT2D eigenvalue weighted by Crippen LogP contribution is 2.23. The van der Waals surface area contributed by atoms with Gasteiger partial charge in [-0.25, -0.2) is 28.1 Å². The molecule has 3 heterocycles. The monoisotopic (exact) mass is 452 g/mol. The average Bonchev–Trinajstić information content (AvgIpc) is 3.09. The van der Waals surface area contributed by atoms with Gasteiger partial charge in [-0.2, -0.15) is 0 Å².